The number of benzene rings is 2. The van der Waals surface area contributed by atoms with Gasteiger partial charge in [0.15, 0.2) is 0 Å². The van der Waals surface area contributed by atoms with Gasteiger partial charge in [0.25, 0.3) is 0 Å². The molecule has 0 amide bonds. The minimum atomic E-state index is -1.16. The Morgan fingerprint density at radius 3 is 1.13 bits per heavy atom. The molecule has 0 aromatic heterocycles. The van der Waals surface area contributed by atoms with E-state index in [9.17, 15) is 30.0 Å². The number of carbonyl (C=O) groups is 2. The number of methoxy groups -OCH3 is 2. The summed E-state index contributed by atoms with van der Waals surface area (Å²) in [7, 11) is 3.18. The molecule has 2 aromatic carbocycles. The zero-order chi connectivity index (χ0) is 37.8. The van der Waals surface area contributed by atoms with Gasteiger partial charge in [-0.05, 0) is 12.1 Å². The standard InChI is InChI=1S/C36H56N2O14/c1-45-13-15-47-17-19-49-21-23-51-27-31(35(41)42)37(25-29-7-3-5-9-33(29)39)11-12-38(26-30-8-4-6-10-34(30)40)32(36(43)44)28-52-24-22-50-20-18-48-16-14-46-2/h3-10,31-32,39-40H,11-28H2,1-2H3,(H,41,42)(H,43,44). The van der Waals surface area contributed by atoms with Gasteiger partial charge in [0, 0.05) is 51.5 Å². The molecule has 0 bridgehead atoms. The number of aliphatic carboxylic acids is 2. The molecule has 16 nitrogen and oxygen atoms in total. The first-order chi connectivity index (χ1) is 25.3. The Labute approximate surface area is 305 Å². The Balaban J connectivity index is 2.13. The number of aromatic hydroxyl groups is 2. The van der Waals surface area contributed by atoms with Crippen LogP contribution in [0.5, 0.6) is 11.5 Å². The lowest BCUT2D eigenvalue weighted by Gasteiger charge is -2.34. The number of hydrogen-bond donors (Lipinski definition) is 4. The molecule has 0 radical (unpaired) electrons. The van der Waals surface area contributed by atoms with Crippen molar-refractivity contribution in [3.05, 3.63) is 59.7 Å². The molecule has 294 valence electrons. The normalized spacial score (nSPS) is 12.8. The van der Waals surface area contributed by atoms with Crippen LogP contribution in [-0.4, -0.2) is 174 Å². The van der Waals surface area contributed by atoms with Gasteiger partial charge in [-0.25, -0.2) is 0 Å². The molecule has 0 spiro atoms. The van der Waals surface area contributed by atoms with Gasteiger partial charge < -0.3 is 58.3 Å². The molecular weight excluding hydrogens is 684 g/mol. The molecule has 0 heterocycles. The van der Waals surface area contributed by atoms with Crippen molar-refractivity contribution in [2.24, 2.45) is 0 Å². The maximum atomic E-state index is 12.6. The SMILES string of the molecule is COCCOCCOCCOCC(C(=O)O)N(CCN(Cc1ccccc1O)C(COCCOCCOCCOC)C(=O)O)Cc1ccccc1O. The first kappa shape index (κ1) is 44.7. The van der Waals surface area contributed by atoms with E-state index in [0.717, 1.165) is 0 Å². The Morgan fingerprint density at radius 2 is 0.827 bits per heavy atom. The monoisotopic (exact) mass is 740 g/mol. The quantitative estimate of drug-likeness (QED) is 0.0772. The van der Waals surface area contributed by atoms with Gasteiger partial charge in [-0.3, -0.25) is 19.4 Å². The molecule has 0 saturated heterocycles. The Kier molecular flexibility index (Phi) is 24.2. The highest BCUT2D eigenvalue weighted by Crippen LogP contribution is 2.22. The summed E-state index contributed by atoms with van der Waals surface area (Å²) in [5.41, 5.74) is 0.972. The van der Waals surface area contributed by atoms with Crippen LogP contribution in [0.4, 0.5) is 0 Å². The molecule has 0 aliphatic heterocycles. The third kappa shape index (κ3) is 18.9. The second-order valence-corrected chi connectivity index (χ2v) is 11.5. The van der Waals surface area contributed by atoms with Crippen molar-refractivity contribution in [2.45, 2.75) is 25.2 Å². The topological polar surface area (TPSA) is 195 Å². The Hall–Kier alpha value is -3.42. The first-order valence-electron chi connectivity index (χ1n) is 17.2. The number of phenols is 2. The lowest BCUT2D eigenvalue weighted by molar-refractivity contribution is -0.149. The zero-order valence-corrected chi connectivity index (χ0v) is 30.3. The number of hydrogen-bond acceptors (Lipinski definition) is 14. The van der Waals surface area contributed by atoms with E-state index in [2.05, 4.69) is 0 Å². The molecule has 4 N–H and O–H groups in total. The van der Waals surface area contributed by atoms with E-state index in [1.807, 2.05) is 0 Å². The van der Waals surface area contributed by atoms with Gasteiger partial charge in [0.05, 0.1) is 92.5 Å². The van der Waals surface area contributed by atoms with Crippen LogP contribution < -0.4 is 0 Å². The van der Waals surface area contributed by atoms with Crippen molar-refractivity contribution in [3.63, 3.8) is 0 Å². The number of para-hydroxylation sites is 2. The first-order valence-corrected chi connectivity index (χ1v) is 17.2. The van der Waals surface area contributed by atoms with Crippen LogP contribution in [0.2, 0.25) is 0 Å². The largest absolute Gasteiger partial charge is 0.508 e. The smallest absolute Gasteiger partial charge is 0.323 e. The van der Waals surface area contributed by atoms with Crippen LogP contribution in [0.15, 0.2) is 48.5 Å². The average molecular weight is 741 g/mol. The van der Waals surface area contributed by atoms with E-state index in [4.69, 9.17) is 37.9 Å². The fraction of sp³-hybridized carbons (Fsp3) is 0.611. The van der Waals surface area contributed by atoms with Gasteiger partial charge in [-0.2, -0.15) is 0 Å². The second-order valence-electron chi connectivity index (χ2n) is 11.5. The van der Waals surface area contributed by atoms with E-state index >= 15 is 0 Å². The van der Waals surface area contributed by atoms with Gasteiger partial charge >= 0.3 is 11.9 Å². The molecule has 52 heavy (non-hydrogen) atoms. The molecule has 2 atom stereocenters. The molecule has 2 aromatic rings. The number of rotatable bonds is 33. The van der Waals surface area contributed by atoms with Crippen molar-refractivity contribution < 1.29 is 67.9 Å². The maximum absolute atomic E-state index is 12.6. The summed E-state index contributed by atoms with van der Waals surface area (Å²) in [6.45, 7) is 3.84. The van der Waals surface area contributed by atoms with Crippen LogP contribution >= 0.6 is 0 Å². The zero-order valence-electron chi connectivity index (χ0n) is 30.3. The Bertz CT molecular complexity index is 1150. The molecule has 0 aliphatic rings. The van der Waals surface area contributed by atoms with Crippen molar-refractivity contribution in [3.8, 4) is 11.5 Å². The highest BCUT2D eigenvalue weighted by Gasteiger charge is 2.31. The highest BCUT2D eigenvalue weighted by molar-refractivity contribution is 5.74. The van der Waals surface area contributed by atoms with Crippen LogP contribution in [0.1, 0.15) is 11.1 Å². The lowest BCUT2D eigenvalue weighted by atomic mass is 10.1. The molecule has 16 heteroatoms. The number of carboxylic acids is 2. The molecule has 0 fully saturated rings. The Morgan fingerprint density at radius 1 is 0.519 bits per heavy atom. The number of ether oxygens (including phenoxy) is 8. The van der Waals surface area contributed by atoms with Crippen LogP contribution in [0, 0.1) is 0 Å². The third-order valence-electron chi connectivity index (χ3n) is 7.76. The third-order valence-corrected chi connectivity index (χ3v) is 7.76. The molecule has 2 unspecified atom stereocenters. The number of phenolic OH excluding ortho intramolecular Hbond substituents is 2. The summed E-state index contributed by atoms with van der Waals surface area (Å²) < 4.78 is 43.0. The highest BCUT2D eigenvalue weighted by atomic mass is 16.6. The number of carboxylic acid groups (broad SMARTS) is 2. The lowest BCUT2D eigenvalue weighted by Crippen LogP contribution is -2.50. The summed E-state index contributed by atoms with van der Waals surface area (Å²) in [4.78, 5) is 28.5. The fourth-order valence-corrected chi connectivity index (χ4v) is 4.89. The summed E-state index contributed by atoms with van der Waals surface area (Å²) in [5.74, 6) is -2.33. The van der Waals surface area contributed by atoms with Crippen molar-refractivity contribution in [2.75, 3.05) is 120 Å². The van der Waals surface area contributed by atoms with Crippen LogP contribution in [0.3, 0.4) is 0 Å². The van der Waals surface area contributed by atoms with Gasteiger partial charge in [0.2, 0.25) is 0 Å². The van der Waals surface area contributed by atoms with Gasteiger partial charge in [-0.15, -0.1) is 0 Å². The number of nitrogens with zero attached hydrogens (tertiary/aromatic N) is 2. The minimum Gasteiger partial charge on any atom is -0.508 e. The second kappa shape index (κ2) is 28.1. The average Bonchev–Trinajstić information content (AvgIpc) is 3.12. The molecule has 0 aliphatic carbocycles. The summed E-state index contributed by atoms with van der Waals surface area (Å²) in [5, 5.41) is 41.7. The van der Waals surface area contributed by atoms with Gasteiger partial charge in [-0.1, -0.05) is 36.4 Å². The predicted molar refractivity (Wildman–Crippen MR) is 189 cm³/mol. The van der Waals surface area contributed by atoms with Crippen molar-refractivity contribution in [1.82, 2.24) is 9.80 Å². The van der Waals surface area contributed by atoms with Crippen LogP contribution in [0.25, 0.3) is 0 Å². The van der Waals surface area contributed by atoms with E-state index in [-0.39, 0.29) is 77.3 Å². The maximum Gasteiger partial charge on any atom is 0.323 e. The van der Waals surface area contributed by atoms with Crippen molar-refractivity contribution >= 4 is 11.9 Å². The van der Waals surface area contributed by atoms with E-state index < -0.39 is 24.0 Å². The van der Waals surface area contributed by atoms with E-state index in [0.29, 0.717) is 64.0 Å². The molecule has 2 rings (SSSR count). The van der Waals surface area contributed by atoms with Crippen molar-refractivity contribution in [1.29, 1.82) is 0 Å². The molecule has 0 saturated carbocycles. The minimum absolute atomic E-state index is 0.00897. The summed E-state index contributed by atoms with van der Waals surface area (Å²) >= 11 is 0. The van der Waals surface area contributed by atoms with E-state index in [1.165, 1.54) is 12.1 Å². The fourth-order valence-electron chi connectivity index (χ4n) is 4.89. The molecular formula is C36H56N2O14. The van der Waals surface area contributed by atoms with E-state index in [1.54, 1.807) is 60.4 Å². The van der Waals surface area contributed by atoms with Gasteiger partial charge in [0.1, 0.15) is 23.6 Å². The van der Waals surface area contributed by atoms with Crippen LogP contribution in [-0.2, 0) is 60.6 Å². The summed E-state index contributed by atoms with van der Waals surface area (Å²) in [6.07, 6.45) is 0. The predicted octanol–water partition coefficient (Wildman–Crippen LogP) is 1.70. The summed E-state index contributed by atoms with van der Waals surface area (Å²) in [6, 6.07) is 10.9.